The average molecular weight is 289 g/mol. The minimum atomic E-state index is -1.09. The normalized spacial score (nSPS) is 16.9. The van der Waals surface area contributed by atoms with Crippen molar-refractivity contribution in [1.82, 2.24) is 5.32 Å². The summed E-state index contributed by atoms with van der Waals surface area (Å²) in [6.07, 6.45) is 2.27. The summed E-state index contributed by atoms with van der Waals surface area (Å²) in [5.74, 6) is 0.629. The molecule has 0 aromatic heterocycles. The first kappa shape index (κ1) is 15.3. The van der Waals surface area contributed by atoms with Crippen molar-refractivity contribution in [3.05, 3.63) is 34.9 Å². The number of carbonyl (C=O) groups is 1. The maximum Gasteiger partial charge on any atom is 0.251 e. The lowest BCUT2D eigenvalue weighted by molar-refractivity contribution is 0.0951. The second kappa shape index (κ2) is 5.72. The number of amides is 1. The molecule has 2 rings (SSSR count). The van der Waals surface area contributed by atoms with Gasteiger partial charge >= 0.3 is 0 Å². The van der Waals surface area contributed by atoms with Crippen LogP contribution >= 0.6 is 0 Å². The van der Waals surface area contributed by atoms with E-state index >= 15 is 0 Å². The molecule has 1 N–H and O–H groups in total. The average Bonchev–Trinajstić information content (AvgIpc) is 3.10. The Labute approximate surface area is 124 Å². The molecule has 1 aliphatic carbocycles. The van der Waals surface area contributed by atoms with Crippen LogP contribution in [-0.2, 0) is 0 Å². The van der Waals surface area contributed by atoms with Crippen LogP contribution in [0, 0.1) is 6.92 Å². The Morgan fingerprint density at radius 3 is 2.55 bits per heavy atom. The van der Waals surface area contributed by atoms with E-state index in [4.69, 9.17) is 0 Å². The van der Waals surface area contributed by atoms with Crippen LogP contribution in [0.4, 0.5) is 0 Å². The van der Waals surface area contributed by atoms with Crippen molar-refractivity contribution in [3.63, 3.8) is 0 Å². The van der Waals surface area contributed by atoms with Crippen molar-refractivity contribution < 1.29 is 4.79 Å². The number of benzene rings is 1. The predicted octanol–water partition coefficient (Wildman–Crippen LogP) is 4.33. The number of hydrogen-bond donors (Lipinski definition) is 1. The molecule has 3 heteroatoms. The number of hydrogen-bond acceptors (Lipinski definition) is 1. The van der Waals surface area contributed by atoms with Crippen molar-refractivity contribution in [2.75, 3.05) is 0 Å². The standard InChI is InChI=1S/C17H27NOSi/c1-12-6-7-14(17(19)18-15-8-9-15)10-16(12)13(2)11-20(3,4)5/h6-7,10,13,15H,8-9,11H2,1-5H3,(H,18,19). The number of aryl methyl sites for hydroxylation is 1. The van der Waals surface area contributed by atoms with E-state index in [1.807, 2.05) is 6.07 Å². The van der Waals surface area contributed by atoms with E-state index in [0.29, 0.717) is 12.0 Å². The Kier molecular flexibility index (Phi) is 4.38. The third-order valence-corrected chi connectivity index (χ3v) is 5.74. The van der Waals surface area contributed by atoms with Gasteiger partial charge in [0.2, 0.25) is 0 Å². The van der Waals surface area contributed by atoms with Crippen LogP contribution in [0.25, 0.3) is 0 Å². The van der Waals surface area contributed by atoms with Crippen LogP contribution in [0.1, 0.15) is 47.2 Å². The summed E-state index contributed by atoms with van der Waals surface area (Å²) in [6.45, 7) is 11.7. The Hall–Kier alpha value is -1.09. The molecule has 1 aliphatic rings. The lowest BCUT2D eigenvalue weighted by atomic mass is 9.95. The second-order valence-electron chi connectivity index (χ2n) is 7.48. The zero-order chi connectivity index (χ0) is 14.9. The van der Waals surface area contributed by atoms with E-state index in [9.17, 15) is 4.79 Å². The van der Waals surface area contributed by atoms with Crippen molar-refractivity contribution in [2.24, 2.45) is 0 Å². The fourth-order valence-electron chi connectivity index (χ4n) is 2.84. The number of rotatable bonds is 5. The second-order valence-corrected chi connectivity index (χ2v) is 13.0. The van der Waals surface area contributed by atoms with Gasteiger partial charge in [0.05, 0.1) is 0 Å². The molecule has 1 amide bonds. The molecule has 110 valence electrons. The maximum atomic E-state index is 12.2. The third kappa shape index (κ3) is 4.20. The summed E-state index contributed by atoms with van der Waals surface area (Å²) in [5.41, 5.74) is 3.47. The molecule has 1 aromatic rings. The lowest BCUT2D eigenvalue weighted by Gasteiger charge is -2.23. The van der Waals surface area contributed by atoms with Gasteiger partial charge in [0.1, 0.15) is 0 Å². The molecular weight excluding hydrogens is 262 g/mol. The lowest BCUT2D eigenvalue weighted by Crippen LogP contribution is -2.26. The zero-order valence-corrected chi connectivity index (χ0v) is 14.4. The molecule has 1 atom stereocenters. The van der Waals surface area contributed by atoms with E-state index in [2.05, 4.69) is 50.9 Å². The minimum Gasteiger partial charge on any atom is -0.349 e. The SMILES string of the molecule is Cc1ccc(C(=O)NC2CC2)cc1C(C)C[Si](C)(C)C. The highest BCUT2D eigenvalue weighted by atomic mass is 28.3. The summed E-state index contributed by atoms with van der Waals surface area (Å²) in [4.78, 5) is 12.2. The van der Waals surface area contributed by atoms with Gasteiger partial charge in [-0.05, 0) is 48.9 Å². The predicted molar refractivity (Wildman–Crippen MR) is 88.2 cm³/mol. The fourth-order valence-corrected chi connectivity index (χ4v) is 4.89. The summed E-state index contributed by atoms with van der Waals surface area (Å²) < 4.78 is 0. The van der Waals surface area contributed by atoms with Crippen molar-refractivity contribution in [1.29, 1.82) is 0 Å². The van der Waals surface area contributed by atoms with Crippen molar-refractivity contribution in [2.45, 2.75) is 64.3 Å². The van der Waals surface area contributed by atoms with E-state index in [1.54, 1.807) is 0 Å². The van der Waals surface area contributed by atoms with Crippen LogP contribution in [0.15, 0.2) is 18.2 Å². The summed E-state index contributed by atoms with van der Waals surface area (Å²) in [7, 11) is -1.09. The monoisotopic (exact) mass is 289 g/mol. The Morgan fingerprint density at radius 1 is 1.35 bits per heavy atom. The molecule has 0 saturated heterocycles. The zero-order valence-electron chi connectivity index (χ0n) is 13.4. The summed E-state index contributed by atoms with van der Waals surface area (Å²) in [6, 6.07) is 7.85. The fraction of sp³-hybridized carbons (Fsp3) is 0.588. The topological polar surface area (TPSA) is 29.1 Å². The molecule has 1 unspecified atom stereocenters. The molecular formula is C17H27NOSi. The maximum absolute atomic E-state index is 12.2. The highest BCUT2D eigenvalue weighted by Gasteiger charge is 2.25. The van der Waals surface area contributed by atoms with E-state index in [-0.39, 0.29) is 5.91 Å². The van der Waals surface area contributed by atoms with Crippen molar-refractivity contribution in [3.8, 4) is 0 Å². The van der Waals surface area contributed by atoms with Gasteiger partial charge in [0.15, 0.2) is 0 Å². The van der Waals surface area contributed by atoms with Crippen LogP contribution in [-0.4, -0.2) is 20.0 Å². The molecule has 1 fully saturated rings. The van der Waals surface area contributed by atoms with Gasteiger partial charge in [0.25, 0.3) is 5.91 Å². The molecule has 1 saturated carbocycles. The Balaban J connectivity index is 2.17. The van der Waals surface area contributed by atoms with Gasteiger partial charge in [-0.25, -0.2) is 0 Å². The highest BCUT2D eigenvalue weighted by Crippen LogP contribution is 2.29. The van der Waals surface area contributed by atoms with Gasteiger partial charge in [0, 0.05) is 19.7 Å². The first-order valence-electron chi connectivity index (χ1n) is 7.68. The van der Waals surface area contributed by atoms with Gasteiger partial charge in [-0.1, -0.05) is 38.7 Å². The Morgan fingerprint density at radius 2 is 2.00 bits per heavy atom. The molecule has 1 aromatic carbocycles. The third-order valence-electron chi connectivity index (χ3n) is 3.90. The number of nitrogens with one attached hydrogen (secondary N) is 1. The molecule has 20 heavy (non-hydrogen) atoms. The molecule has 0 spiro atoms. The molecule has 2 nitrogen and oxygen atoms in total. The van der Waals surface area contributed by atoms with Crippen LogP contribution in [0.2, 0.25) is 25.7 Å². The quantitative estimate of drug-likeness (QED) is 0.803. The van der Waals surface area contributed by atoms with E-state index in [1.165, 1.54) is 17.2 Å². The molecule has 0 aliphatic heterocycles. The highest BCUT2D eigenvalue weighted by molar-refractivity contribution is 6.76. The summed E-state index contributed by atoms with van der Waals surface area (Å²) in [5, 5.41) is 3.07. The largest absolute Gasteiger partial charge is 0.349 e. The van der Waals surface area contributed by atoms with E-state index < -0.39 is 8.07 Å². The van der Waals surface area contributed by atoms with E-state index in [0.717, 1.165) is 18.4 Å². The van der Waals surface area contributed by atoms with Gasteiger partial charge in [-0.3, -0.25) is 4.79 Å². The molecule has 0 radical (unpaired) electrons. The van der Waals surface area contributed by atoms with Crippen LogP contribution in [0.5, 0.6) is 0 Å². The van der Waals surface area contributed by atoms with Gasteiger partial charge < -0.3 is 5.32 Å². The summed E-state index contributed by atoms with van der Waals surface area (Å²) >= 11 is 0. The van der Waals surface area contributed by atoms with Gasteiger partial charge in [-0.2, -0.15) is 0 Å². The Bertz CT molecular complexity index is 500. The number of carbonyl (C=O) groups excluding carboxylic acids is 1. The first-order chi connectivity index (χ1) is 9.26. The van der Waals surface area contributed by atoms with Crippen LogP contribution < -0.4 is 5.32 Å². The van der Waals surface area contributed by atoms with Crippen LogP contribution in [0.3, 0.4) is 0 Å². The van der Waals surface area contributed by atoms with Gasteiger partial charge in [-0.15, -0.1) is 0 Å². The minimum absolute atomic E-state index is 0.0916. The molecule has 0 heterocycles. The smallest absolute Gasteiger partial charge is 0.251 e. The molecule has 0 bridgehead atoms. The van der Waals surface area contributed by atoms with Crippen molar-refractivity contribution >= 4 is 14.0 Å². The first-order valence-corrected chi connectivity index (χ1v) is 11.4.